The van der Waals surface area contributed by atoms with Gasteiger partial charge in [-0.3, -0.25) is 0 Å². The lowest BCUT2D eigenvalue weighted by Crippen LogP contribution is -2.20. The van der Waals surface area contributed by atoms with Gasteiger partial charge in [0, 0.05) is 11.3 Å². The number of hydrogen-bond acceptors (Lipinski definition) is 2. The van der Waals surface area contributed by atoms with E-state index in [1.807, 2.05) is 27.2 Å². The van der Waals surface area contributed by atoms with E-state index in [0.717, 1.165) is 5.57 Å². The van der Waals surface area contributed by atoms with E-state index in [1.54, 1.807) is 19.1 Å². The summed E-state index contributed by atoms with van der Waals surface area (Å²) in [6, 6.07) is 1.71. The maximum absolute atomic E-state index is 14.9. The van der Waals surface area contributed by atoms with Crippen LogP contribution in [-0.2, 0) is 10.1 Å². The summed E-state index contributed by atoms with van der Waals surface area (Å²) in [7, 11) is -0.856. The van der Waals surface area contributed by atoms with Crippen LogP contribution in [0.2, 0.25) is 0 Å². The van der Waals surface area contributed by atoms with Gasteiger partial charge in [0.15, 0.2) is 5.41 Å². The quantitative estimate of drug-likeness (QED) is 0.337. The van der Waals surface area contributed by atoms with Crippen LogP contribution in [0.1, 0.15) is 38.5 Å². The van der Waals surface area contributed by atoms with Crippen LogP contribution in [0.3, 0.4) is 0 Å². The molecule has 0 saturated heterocycles. The summed E-state index contributed by atoms with van der Waals surface area (Å²) in [6.07, 6.45) is -3.44. The number of allylic oxidation sites excluding steroid dienone is 1. The number of thiophene rings is 1. The second-order valence-corrected chi connectivity index (χ2v) is 10.1. The molecule has 1 unspecified atom stereocenters. The molecule has 0 bridgehead atoms. The fourth-order valence-corrected chi connectivity index (χ4v) is 4.18. The Kier molecular flexibility index (Phi) is 7.70. The molecule has 1 aromatic heterocycles. The van der Waals surface area contributed by atoms with Crippen molar-refractivity contribution in [1.82, 2.24) is 0 Å². The lowest BCUT2D eigenvalue weighted by atomic mass is 10.2. The van der Waals surface area contributed by atoms with Crippen molar-refractivity contribution in [2.24, 2.45) is 0 Å². The zero-order valence-electron chi connectivity index (χ0n) is 15.3. The fraction of sp³-hybridized carbons (Fsp3) is 0.556. The molecule has 1 rings (SSSR count). The van der Waals surface area contributed by atoms with Crippen molar-refractivity contribution in [1.29, 1.82) is 0 Å². The predicted octanol–water partition coefficient (Wildman–Crippen LogP) is 5.48. The molecule has 25 heavy (non-hydrogen) atoms. The van der Waals surface area contributed by atoms with Crippen LogP contribution in [0.15, 0.2) is 17.7 Å². The first-order chi connectivity index (χ1) is 11.3. The van der Waals surface area contributed by atoms with Gasteiger partial charge >= 0.3 is 6.18 Å². The van der Waals surface area contributed by atoms with Crippen molar-refractivity contribution in [3.05, 3.63) is 32.3 Å². The smallest absolute Gasteiger partial charge is 0.389 e. The fourth-order valence-electron chi connectivity index (χ4n) is 1.97. The third-order valence-electron chi connectivity index (χ3n) is 3.60. The first kappa shape index (κ1) is 22.2. The van der Waals surface area contributed by atoms with Crippen molar-refractivity contribution in [2.75, 3.05) is 19.9 Å². The molecule has 0 spiro atoms. The normalized spacial score (nSPS) is 15.8. The molecule has 0 radical (unpaired) electrons. The van der Waals surface area contributed by atoms with Gasteiger partial charge in [0.2, 0.25) is 0 Å². The van der Waals surface area contributed by atoms with E-state index in [2.05, 4.69) is 6.58 Å². The first-order valence-electron chi connectivity index (χ1n) is 7.89. The van der Waals surface area contributed by atoms with E-state index in [-0.39, 0.29) is 13.0 Å². The van der Waals surface area contributed by atoms with Gasteiger partial charge in [-0.2, -0.15) is 13.2 Å². The van der Waals surface area contributed by atoms with E-state index in [1.165, 1.54) is 11.3 Å². The van der Waals surface area contributed by atoms with Gasteiger partial charge in [0.1, 0.15) is 5.76 Å². The second-order valence-electron chi connectivity index (χ2n) is 6.47. The monoisotopic (exact) mass is 396 g/mol. The average Bonchev–Trinajstić information content (AvgIpc) is 2.83. The average molecular weight is 396 g/mol. The Labute approximate surface area is 151 Å². The molecule has 142 valence electrons. The molecule has 0 amide bonds. The Morgan fingerprint density at radius 3 is 2.36 bits per heavy atom. The van der Waals surface area contributed by atoms with Crippen molar-refractivity contribution in [3.63, 3.8) is 0 Å². The van der Waals surface area contributed by atoms with Crippen molar-refractivity contribution in [2.45, 2.75) is 45.2 Å². The van der Waals surface area contributed by atoms with Crippen LogP contribution < -0.4 is 9.75 Å². The Hall–Kier alpha value is -0.870. The molecule has 1 atom stereocenters. The van der Waals surface area contributed by atoms with Crippen LogP contribution in [0.25, 0.3) is 12.3 Å². The van der Waals surface area contributed by atoms with Crippen molar-refractivity contribution in [3.8, 4) is 0 Å². The molecule has 0 aliphatic heterocycles. The zero-order valence-corrected chi connectivity index (χ0v) is 17.0. The van der Waals surface area contributed by atoms with E-state index in [9.17, 15) is 17.6 Å². The molecule has 1 aromatic rings. The standard InChI is InChI=1S/C18H25F4OPS/c1-12(2)10-14(23-9-7-8-18(20,21)22)16-13(3)11-15(25-16)17(4,19)24(5)6/h10-11H,3,7-9H2,1-2,4-6H3/b16-14-. The van der Waals surface area contributed by atoms with Gasteiger partial charge in [-0.15, -0.1) is 11.3 Å². The lowest BCUT2D eigenvalue weighted by molar-refractivity contribution is -0.136. The number of halogens is 4. The summed E-state index contributed by atoms with van der Waals surface area (Å²) in [4.78, 5) is 0.571. The van der Waals surface area contributed by atoms with Gasteiger partial charge in [0.05, 0.1) is 11.1 Å². The van der Waals surface area contributed by atoms with Crippen LogP contribution in [0.5, 0.6) is 0 Å². The van der Waals surface area contributed by atoms with Crippen LogP contribution >= 0.6 is 19.3 Å². The number of alkyl halides is 4. The summed E-state index contributed by atoms with van der Waals surface area (Å²) in [5, 5.41) is -0.805. The van der Waals surface area contributed by atoms with Crippen molar-refractivity contribution < 1.29 is 22.3 Å². The number of hydrogen-bond donors (Lipinski definition) is 0. The molecule has 0 fully saturated rings. The Bertz CT molecular complexity index is 712. The molecule has 1 heterocycles. The van der Waals surface area contributed by atoms with Gasteiger partial charge in [0.25, 0.3) is 0 Å². The predicted molar refractivity (Wildman–Crippen MR) is 100 cm³/mol. The molecule has 0 saturated carbocycles. The van der Waals surface area contributed by atoms with Crippen molar-refractivity contribution >= 4 is 31.6 Å². The van der Waals surface area contributed by atoms with E-state index in [4.69, 9.17) is 4.74 Å². The minimum absolute atomic E-state index is 0.0492. The third kappa shape index (κ3) is 6.74. The molecular formula is C18H25F4OPS. The maximum atomic E-state index is 14.9. The zero-order chi connectivity index (χ0) is 19.4. The maximum Gasteiger partial charge on any atom is 0.389 e. The van der Waals surface area contributed by atoms with E-state index >= 15 is 0 Å². The lowest BCUT2D eigenvalue weighted by Gasteiger charge is -2.23. The summed E-state index contributed by atoms with van der Waals surface area (Å²) in [6.45, 7) is 12.9. The topological polar surface area (TPSA) is 9.23 Å². The molecule has 0 aromatic carbocycles. The highest BCUT2D eigenvalue weighted by Crippen LogP contribution is 2.52. The van der Waals surface area contributed by atoms with Crippen LogP contribution in [-0.4, -0.2) is 26.1 Å². The largest absolute Gasteiger partial charge is 0.492 e. The van der Waals surface area contributed by atoms with Crippen LogP contribution in [0, 0.1) is 0 Å². The SMILES string of the molecule is C=c1cc(C(C)(F)P(C)C)s/c1=C(/C=C(C)C)OCCCC(F)(F)F. The van der Waals surface area contributed by atoms with Gasteiger partial charge in [-0.05, 0) is 57.9 Å². The molecule has 0 aliphatic rings. The number of ether oxygens (including phenoxy) is 1. The van der Waals surface area contributed by atoms with Crippen LogP contribution in [0.4, 0.5) is 17.6 Å². The Balaban J connectivity index is 3.19. The van der Waals surface area contributed by atoms with Gasteiger partial charge in [-0.25, -0.2) is 4.39 Å². The minimum atomic E-state index is -4.19. The Morgan fingerprint density at radius 1 is 1.28 bits per heavy atom. The summed E-state index contributed by atoms with van der Waals surface area (Å²) in [5.41, 5.74) is 0.941. The first-order valence-corrected chi connectivity index (χ1v) is 10.9. The summed E-state index contributed by atoms with van der Waals surface area (Å²) < 4.78 is 58.0. The molecular weight excluding hydrogens is 371 g/mol. The third-order valence-corrected chi connectivity index (χ3v) is 7.06. The molecule has 0 N–H and O–H groups in total. The molecule has 0 aliphatic carbocycles. The summed E-state index contributed by atoms with van der Waals surface area (Å²) >= 11 is 1.26. The number of rotatable bonds is 7. The highest BCUT2D eigenvalue weighted by molar-refractivity contribution is 7.57. The minimum Gasteiger partial charge on any atom is -0.492 e. The van der Waals surface area contributed by atoms with Gasteiger partial charge < -0.3 is 4.74 Å². The highest BCUT2D eigenvalue weighted by atomic mass is 32.1. The summed E-state index contributed by atoms with van der Waals surface area (Å²) in [5.74, 6) is 0.454. The molecule has 7 heteroatoms. The van der Waals surface area contributed by atoms with E-state index < -0.39 is 25.9 Å². The molecule has 1 nitrogen and oxygen atoms in total. The second kappa shape index (κ2) is 8.68. The highest BCUT2D eigenvalue weighted by Gasteiger charge is 2.31. The Morgan fingerprint density at radius 2 is 1.88 bits per heavy atom. The van der Waals surface area contributed by atoms with E-state index in [0.29, 0.717) is 20.4 Å². The van der Waals surface area contributed by atoms with Gasteiger partial charge in [-0.1, -0.05) is 20.1 Å².